The predicted octanol–water partition coefficient (Wildman–Crippen LogP) is 3.17. The molecule has 0 saturated heterocycles. The number of halogens is 1. The van der Waals surface area contributed by atoms with Crippen LogP contribution in [0.2, 0.25) is 0 Å². The summed E-state index contributed by atoms with van der Waals surface area (Å²) >= 11 is 3.26. The second-order valence-electron chi connectivity index (χ2n) is 4.20. The summed E-state index contributed by atoms with van der Waals surface area (Å²) in [6, 6.07) is 10.3. The highest BCUT2D eigenvalue weighted by atomic mass is 79.9. The van der Waals surface area contributed by atoms with Crippen LogP contribution >= 0.6 is 15.9 Å². The van der Waals surface area contributed by atoms with E-state index in [-0.39, 0.29) is 11.4 Å². The molecule has 19 heavy (non-hydrogen) atoms. The molecule has 0 saturated carbocycles. The van der Waals surface area contributed by atoms with Crippen molar-refractivity contribution in [1.29, 1.82) is 0 Å². The van der Waals surface area contributed by atoms with E-state index in [1.807, 2.05) is 13.0 Å². The molecule has 0 atom stereocenters. The first kappa shape index (κ1) is 14.3. The van der Waals surface area contributed by atoms with Gasteiger partial charge < -0.3 is 4.42 Å². The van der Waals surface area contributed by atoms with Crippen molar-refractivity contribution in [3.05, 3.63) is 52.4 Å². The van der Waals surface area contributed by atoms with Crippen LogP contribution < -0.4 is 0 Å². The van der Waals surface area contributed by atoms with Gasteiger partial charge in [0.15, 0.2) is 0 Å². The maximum atomic E-state index is 12.4. The van der Waals surface area contributed by atoms with Crippen LogP contribution in [0.5, 0.6) is 0 Å². The van der Waals surface area contributed by atoms with Crippen LogP contribution in [0.15, 0.2) is 50.2 Å². The molecule has 1 aromatic carbocycles. The van der Waals surface area contributed by atoms with Gasteiger partial charge in [-0.2, -0.15) is 4.31 Å². The average molecular weight is 344 g/mol. The van der Waals surface area contributed by atoms with Gasteiger partial charge >= 0.3 is 0 Å². The van der Waals surface area contributed by atoms with Crippen LogP contribution in [0.4, 0.5) is 0 Å². The van der Waals surface area contributed by atoms with Crippen molar-refractivity contribution in [2.75, 3.05) is 7.05 Å². The molecule has 0 aliphatic heterocycles. The molecule has 0 aliphatic rings. The molecule has 4 nitrogen and oxygen atoms in total. The number of hydrogen-bond donors (Lipinski definition) is 0. The molecule has 0 fully saturated rings. The van der Waals surface area contributed by atoms with Gasteiger partial charge in [-0.3, -0.25) is 0 Å². The molecule has 2 rings (SSSR count). The molecule has 102 valence electrons. The second kappa shape index (κ2) is 5.48. The van der Waals surface area contributed by atoms with Gasteiger partial charge in [0.25, 0.3) is 0 Å². The Hall–Kier alpha value is -1.11. The first-order chi connectivity index (χ1) is 8.91. The van der Waals surface area contributed by atoms with Gasteiger partial charge in [0.2, 0.25) is 10.0 Å². The summed E-state index contributed by atoms with van der Waals surface area (Å²) in [7, 11) is -2.00. The Labute approximate surface area is 121 Å². The molecule has 0 spiro atoms. The van der Waals surface area contributed by atoms with Gasteiger partial charge in [-0.05, 0) is 47.1 Å². The van der Waals surface area contributed by atoms with Gasteiger partial charge in [-0.1, -0.05) is 12.1 Å². The normalized spacial score (nSPS) is 12.0. The van der Waals surface area contributed by atoms with Crippen LogP contribution in [-0.4, -0.2) is 19.8 Å². The molecule has 0 aliphatic carbocycles. The van der Waals surface area contributed by atoms with Crippen molar-refractivity contribution >= 4 is 26.0 Å². The van der Waals surface area contributed by atoms with Gasteiger partial charge in [0, 0.05) is 11.5 Å². The molecule has 0 N–H and O–H groups in total. The standard InChI is InChI=1S/C13H14BrNO3S/c1-10-7-8-11(18-10)9-15(2)19(16,17)13-6-4-3-5-12(13)14/h3-8H,9H2,1-2H3. The number of furan rings is 1. The quantitative estimate of drug-likeness (QED) is 0.856. The Bertz CT molecular complexity index is 679. The van der Waals surface area contributed by atoms with Gasteiger partial charge in [0.1, 0.15) is 11.5 Å². The fraction of sp³-hybridized carbons (Fsp3) is 0.231. The van der Waals surface area contributed by atoms with E-state index in [0.717, 1.165) is 5.76 Å². The summed E-state index contributed by atoms with van der Waals surface area (Å²) in [6.07, 6.45) is 0. The fourth-order valence-corrected chi connectivity index (χ4v) is 3.79. The molecule has 0 unspecified atom stereocenters. The minimum absolute atomic E-state index is 0.206. The van der Waals surface area contributed by atoms with Gasteiger partial charge in [0.05, 0.1) is 11.4 Å². The average Bonchev–Trinajstić information content (AvgIpc) is 2.75. The number of rotatable bonds is 4. The molecule has 1 aromatic heterocycles. The lowest BCUT2D eigenvalue weighted by molar-refractivity contribution is 0.397. The van der Waals surface area contributed by atoms with Crippen LogP contribution in [0.1, 0.15) is 11.5 Å². The smallest absolute Gasteiger partial charge is 0.244 e. The molecule has 2 aromatic rings. The molecule has 6 heteroatoms. The molecular weight excluding hydrogens is 330 g/mol. The molecule has 0 bridgehead atoms. The van der Waals surface area contributed by atoms with E-state index in [4.69, 9.17) is 4.42 Å². The summed E-state index contributed by atoms with van der Waals surface area (Å²) < 4.78 is 32.1. The van der Waals surface area contributed by atoms with E-state index in [1.54, 1.807) is 30.3 Å². The van der Waals surface area contributed by atoms with Crippen LogP contribution in [0.25, 0.3) is 0 Å². The van der Waals surface area contributed by atoms with Crippen molar-refractivity contribution < 1.29 is 12.8 Å². The Kier molecular flexibility index (Phi) is 4.13. The largest absolute Gasteiger partial charge is 0.465 e. The van der Waals surface area contributed by atoms with Crippen molar-refractivity contribution in [1.82, 2.24) is 4.31 Å². The first-order valence-corrected chi connectivity index (χ1v) is 7.91. The molecule has 0 amide bonds. The maximum absolute atomic E-state index is 12.4. The van der Waals surface area contributed by atoms with E-state index in [0.29, 0.717) is 10.2 Å². The van der Waals surface area contributed by atoms with E-state index in [9.17, 15) is 8.42 Å². The minimum Gasteiger partial charge on any atom is -0.465 e. The fourth-order valence-electron chi connectivity index (χ4n) is 1.70. The van der Waals surface area contributed by atoms with Crippen LogP contribution in [0.3, 0.4) is 0 Å². The summed E-state index contributed by atoms with van der Waals surface area (Å²) in [5.41, 5.74) is 0. The predicted molar refractivity (Wildman–Crippen MR) is 76.2 cm³/mol. The number of benzene rings is 1. The topological polar surface area (TPSA) is 50.5 Å². The summed E-state index contributed by atoms with van der Waals surface area (Å²) in [6.45, 7) is 2.03. The van der Waals surface area contributed by atoms with Crippen molar-refractivity contribution in [2.24, 2.45) is 0 Å². The lowest BCUT2D eigenvalue weighted by Crippen LogP contribution is -2.26. The first-order valence-electron chi connectivity index (χ1n) is 5.67. The second-order valence-corrected chi connectivity index (χ2v) is 7.07. The van der Waals surface area contributed by atoms with E-state index < -0.39 is 10.0 Å². The Morgan fingerprint density at radius 3 is 2.47 bits per heavy atom. The number of aryl methyl sites for hydroxylation is 1. The van der Waals surface area contributed by atoms with Crippen molar-refractivity contribution in [2.45, 2.75) is 18.4 Å². The highest BCUT2D eigenvalue weighted by Crippen LogP contribution is 2.25. The third-order valence-corrected chi connectivity index (χ3v) is 5.51. The van der Waals surface area contributed by atoms with Gasteiger partial charge in [-0.25, -0.2) is 8.42 Å². The zero-order chi connectivity index (χ0) is 14.0. The Balaban J connectivity index is 2.27. The van der Waals surface area contributed by atoms with Crippen LogP contribution in [-0.2, 0) is 16.6 Å². The zero-order valence-corrected chi connectivity index (χ0v) is 13.0. The third-order valence-electron chi connectivity index (χ3n) is 2.70. The lowest BCUT2D eigenvalue weighted by Gasteiger charge is -2.16. The van der Waals surface area contributed by atoms with Crippen molar-refractivity contribution in [3.63, 3.8) is 0 Å². The highest BCUT2D eigenvalue weighted by Gasteiger charge is 2.23. The zero-order valence-electron chi connectivity index (χ0n) is 10.6. The lowest BCUT2D eigenvalue weighted by atomic mass is 10.4. The van der Waals surface area contributed by atoms with Crippen molar-refractivity contribution in [3.8, 4) is 0 Å². The van der Waals surface area contributed by atoms with E-state index in [1.165, 1.54) is 11.4 Å². The van der Waals surface area contributed by atoms with E-state index >= 15 is 0 Å². The highest BCUT2D eigenvalue weighted by molar-refractivity contribution is 9.10. The molecule has 1 heterocycles. The number of nitrogens with zero attached hydrogens (tertiary/aromatic N) is 1. The SMILES string of the molecule is Cc1ccc(CN(C)S(=O)(=O)c2ccccc2Br)o1. The summed E-state index contributed by atoms with van der Waals surface area (Å²) in [5, 5.41) is 0. The Morgan fingerprint density at radius 2 is 1.89 bits per heavy atom. The maximum Gasteiger partial charge on any atom is 0.244 e. The minimum atomic E-state index is -3.53. The van der Waals surface area contributed by atoms with E-state index in [2.05, 4.69) is 15.9 Å². The number of hydrogen-bond acceptors (Lipinski definition) is 3. The molecular formula is C13H14BrNO3S. The third kappa shape index (κ3) is 3.08. The summed E-state index contributed by atoms with van der Waals surface area (Å²) in [5.74, 6) is 1.39. The summed E-state index contributed by atoms with van der Waals surface area (Å²) in [4.78, 5) is 0.251. The molecule has 0 radical (unpaired) electrons. The van der Waals surface area contributed by atoms with Crippen LogP contribution in [0, 0.1) is 6.92 Å². The van der Waals surface area contributed by atoms with Gasteiger partial charge in [-0.15, -0.1) is 0 Å². The number of sulfonamides is 1. The monoisotopic (exact) mass is 343 g/mol. The Morgan fingerprint density at radius 1 is 1.21 bits per heavy atom.